The number of hydrogen-bond donors (Lipinski definition) is 0. The van der Waals surface area contributed by atoms with Crippen LogP contribution in [-0.4, -0.2) is 42.5 Å². The second kappa shape index (κ2) is 4.08. The summed E-state index contributed by atoms with van der Waals surface area (Å²) in [5.74, 6) is 0. The SMILES string of the molecule is O=S1(=O)ON(C(F)(F)F)C(F)(F)C(F)(F)N1C(F)(F)F. The van der Waals surface area contributed by atoms with Crippen molar-refractivity contribution in [1.29, 1.82) is 0 Å². The monoisotopic (exact) mass is 346 g/mol. The van der Waals surface area contributed by atoms with E-state index in [0.29, 0.717) is 0 Å². The lowest BCUT2D eigenvalue weighted by Crippen LogP contribution is -2.74. The van der Waals surface area contributed by atoms with Gasteiger partial charge in [0.05, 0.1) is 0 Å². The van der Waals surface area contributed by atoms with Gasteiger partial charge in [-0.25, -0.2) is 0 Å². The molecule has 1 heterocycles. The molecule has 0 aromatic rings. The van der Waals surface area contributed by atoms with Crippen molar-refractivity contribution in [3.8, 4) is 0 Å². The molecule has 0 saturated carbocycles. The minimum Gasteiger partial charge on any atom is -0.179 e. The predicted octanol–water partition coefficient (Wildman–Crippen LogP) is 2.01. The van der Waals surface area contributed by atoms with Gasteiger partial charge in [-0.2, -0.15) is 56.6 Å². The van der Waals surface area contributed by atoms with Gasteiger partial charge >= 0.3 is 35.0 Å². The molecule has 0 aliphatic carbocycles. The molecule has 16 heteroatoms. The van der Waals surface area contributed by atoms with Gasteiger partial charge in [-0.05, 0) is 9.37 Å². The summed E-state index contributed by atoms with van der Waals surface area (Å²) < 4.78 is 144. The molecule has 0 aromatic carbocycles. The van der Waals surface area contributed by atoms with Crippen LogP contribution >= 0.6 is 0 Å². The largest absolute Gasteiger partial charge is 0.489 e. The molecule has 1 aliphatic rings. The van der Waals surface area contributed by atoms with Gasteiger partial charge in [0.2, 0.25) is 0 Å². The lowest BCUT2D eigenvalue weighted by molar-refractivity contribution is -0.500. The van der Waals surface area contributed by atoms with E-state index in [4.69, 9.17) is 0 Å². The average Bonchev–Trinajstić information content (AvgIpc) is 2.06. The normalized spacial score (nSPS) is 27.5. The summed E-state index contributed by atoms with van der Waals surface area (Å²) >= 11 is 0. The fourth-order valence-electron chi connectivity index (χ4n) is 1.05. The average molecular weight is 346 g/mol. The Hall–Kier alpha value is -0.870. The lowest BCUT2D eigenvalue weighted by atomic mass is 10.4. The minimum absolute atomic E-state index is 2.38. The first-order valence-electron chi connectivity index (χ1n) is 3.90. The van der Waals surface area contributed by atoms with Gasteiger partial charge in [-0.1, -0.05) is 0 Å². The third kappa shape index (κ3) is 2.40. The molecule has 0 spiro atoms. The molecule has 1 aliphatic heterocycles. The van der Waals surface area contributed by atoms with Crippen molar-refractivity contribution in [3.63, 3.8) is 0 Å². The van der Waals surface area contributed by atoms with Gasteiger partial charge < -0.3 is 0 Å². The predicted molar refractivity (Wildman–Crippen MR) is 35.7 cm³/mol. The van der Waals surface area contributed by atoms with Gasteiger partial charge in [0.15, 0.2) is 0 Å². The van der Waals surface area contributed by atoms with Crippen molar-refractivity contribution in [2.24, 2.45) is 0 Å². The summed E-state index contributed by atoms with van der Waals surface area (Å²) in [5.41, 5.74) is 0. The molecule has 0 unspecified atom stereocenters. The first-order valence-corrected chi connectivity index (χ1v) is 5.26. The molecule has 1 saturated heterocycles. The van der Waals surface area contributed by atoms with Gasteiger partial charge in [0.1, 0.15) is 0 Å². The summed E-state index contributed by atoms with van der Waals surface area (Å²) in [4.78, 5) is 0. The zero-order chi connectivity index (χ0) is 16.4. The summed E-state index contributed by atoms with van der Waals surface area (Å²) in [6.45, 7) is 0. The van der Waals surface area contributed by atoms with E-state index >= 15 is 0 Å². The minimum atomic E-state index is -6.91. The van der Waals surface area contributed by atoms with Crippen LogP contribution < -0.4 is 0 Å². The highest BCUT2D eigenvalue weighted by Gasteiger charge is 2.82. The first-order chi connectivity index (χ1) is 8.46. The summed E-state index contributed by atoms with van der Waals surface area (Å²) in [5, 5.41) is -2.97. The molecular weight excluding hydrogens is 346 g/mol. The summed E-state index contributed by atoms with van der Waals surface area (Å²) in [6, 6.07) is -13.5. The summed E-state index contributed by atoms with van der Waals surface area (Å²) in [7, 11) is -6.91. The molecule has 0 radical (unpaired) electrons. The van der Waals surface area contributed by atoms with Crippen molar-refractivity contribution < 1.29 is 56.6 Å². The van der Waals surface area contributed by atoms with Gasteiger partial charge in [-0.15, -0.1) is 0 Å². The van der Waals surface area contributed by atoms with Crippen LogP contribution in [-0.2, 0) is 14.6 Å². The van der Waals surface area contributed by atoms with Crippen LogP contribution in [0.3, 0.4) is 0 Å². The molecule has 5 nitrogen and oxygen atoms in total. The highest BCUT2D eigenvalue weighted by atomic mass is 32.2. The zero-order valence-electron chi connectivity index (χ0n) is 8.31. The highest BCUT2D eigenvalue weighted by molar-refractivity contribution is 7.84. The Balaban J connectivity index is 3.55. The maximum absolute atomic E-state index is 12.9. The maximum atomic E-state index is 12.9. The third-order valence-corrected chi connectivity index (χ3v) is 2.95. The lowest BCUT2D eigenvalue weighted by Gasteiger charge is -2.43. The van der Waals surface area contributed by atoms with Crippen LogP contribution in [0.25, 0.3) is 0 Å². The number of nitrogens with zero attached hydrogens (tertiary/aromatic N) is 2. The Kier molecular flexibility index (Phi) is 3.50. The number of hydroxylamine groups is 2. The van der Waals surface area contributed by atoms with Crippen molar-refractivity contribution in [2.45, 2.75) is 24.7 Å². The fourth-order valence-corrected chi connectivity index (χ4v) is 2.12. The molecule has 120 valence electrons. The molecule has 1 rings (SSSR count). The molecule has 0 aromatic heterocycles. The first kappa shape index (κ1) is 17.2. The zero-order valence-corrected chi connectivity index (χ0v) is 9.12. The second-order valence-corrected chi connectivity index (χ2v) is 4.48. The molecule has 0 atom stereocenters. The van der Waals surface area contributed by atoms with E-state index in [2.05, 4.69) is 4.28 Å². The molecule has 20 heavy (non-hydrogen) atoms. The van der Waals surface area contributed by atoms with E-state index < -0.39 is 44.4 Å². The Bertz CT molecular complexity index is 494. The molecule has 1 fully saturated rings. The van der Waals surface area contributed by atoms with Gasteiger partial charge in [0.25, 0.3) is 0 Å². The van der Waals surface area contributed by atoms with E-state index in [1.165, 1.54) is 0 Å². The molecular formula is C4F10N2O3S. The van der Waals surface area contributed by atoms with Crippen molar-refractivity contribution in [2.75, 3.05) is 0 Å². The Morgan fingerprint density at radius 3 is 1.50 bits per heavy atom. The quantitative estimate of drug-likeness (QED) is 0.497. The Morgan fingerprint density at radius 2 is 1.20 bits per heavy atom. The molecule has 0 N–H and O–H groups in total. The van der Waals surface area contributed by atoms with E-state index in [1.54, 1.807) is 0 Å². The summed E-state index contributed by atoms with van der Waals surface area (Å²) in [6.07, 6.45) is -13.2. The van der Waals surface area contributed by atoms with Crippen LogP contribution in [0.15, 0.2) is 0 Å². The Labute approximate surface area is 102 Å². The number of hydrogen-bond acceptors (Lipinski definition) is 4. The van der Waals surface area contributed by atoms with Crippen LogP contribution in [0.1, 0.15) is 0 Å². The van der Waals surface area contributed by atoms with Crippen LogP contribution in [0.5, 0.6) is 0 Å². The van der Waals surface area contributed by atoms with E-state index in [9.17, 15) is 52.3 Å². The van der Waals surface area contributed by atoms with Gasteiger partial charge in [-0.3, -0.25) is 0 Å². The highest BCUT2D eigenvalue weighted by Crippen LogP contribution is 2.52. The van der Waals surface area contributed by atoms with Gasteiger partial charge in [0, 0.05) is 0 Å². The van der Waals surface area contributed by atoms with Crippen molar-refractivity contribution >= 4 is 10.3 Å². The second-order valence-electron chi connectivity index (χ2n) is 3.11. The fraction of sp³-hybridized carbons (Fsp3) is 1.00. The Morgan fingerprint density at radius 1 is 0.800 bits per heavy atom. The molecule has 0 bridgehead atoms. The number of rotatable bonds is 0. The number of halogens is 10. The smallest absolute Gasteiger partial charge is 0.179 e. The number of alkyl halides is 10. The topological polar surface area (TPSA) is 49.9 Å². The van der Waals surface area contributed by atoms with Crippen LogP contribution in [0, 0.1) is 0 Å². The van der Waals surface area contributed by atoms with Crippen molar-refractivity contribution in [3.05, 3.63) is 0 Å². The van der Waals surface area contributed by atoms with Crippen molar-refractivity contribution in [1.82, 2.24) is 9.37 Å². The third-order valence-electron chi connectivity index (χ3n) is 1.72. The van der Waals surface area contributed by atoms with Crippen LogP contribution in [0.4, 0.5) is 43.9 Å². The van der Waals surface area contributed by atoms with E-state index in [1.807, 2.05) is 0 Å². The van der Waals surface area contributed by atoms with E-state index in [0.717, 1.165) is 0 Å². The maximum Gasteiger partial charge on any atom is 0.489 e. The standard InChI is InChI=1S/C4F10N2O3S/c5-1(6)2(7,8)16(4(12,13)14)20(17,18)19-15(1)3(9,10)11. The van der Waals surface area contributed by atoms with E-state index in [-0.39, 0.29) is 0 Å². The van der Waals surface area contributed by atoms with Crippen LogP contribution in [0.2, 0.25) is 0 Å². The molecule has 0 amide bonds.